The van der Waals surface area contributed by atoms with Gasteiger partial charge in [0.25, 0.3) is 0 Å². The highest BCUT2D eigenvalue weighted by Crippen LogP contribution is 2.16. The summed E-state index contributed by atoms with van der Waals surface area (Å²) in [6.07, 6.45) is 7.31. The minimum Gasteiger partial charge on any atom is -0.481 e. The summed E-state index contributed by atoms with van der Waals surface area (Å²) in [6, 6.07) is 1.83. The Labute approximate surface area is 83.7 Å². The average Bonchev–Trinajstić information content (AvgIpc) is 2.26. The van der Waals surface area contributed by atoms with Crippen LogP contribution >= 0.6 is 0 Å². The Morgan fingerprint density at radius 3 is 3.00 bits per heavy atom. The van der Waals surface area contributed by atoms with Crippen molar-refractivity contribution in [3.8, 4) is 18.2 Å². The quantitative estimate of drug-likeness (QED) is 0.714. The summed E-state index contributed by atoms with van der Waals surface area (Å²) in [6.45, 7) is 0. The highest BCUT2D eigenvalue weighted by atomic mass is 16.5. The van der Waals surface area contributed by atoms with Crippen molar-refractivity contribution < 1.29 is 4.74 Å². The lowest BCUT2D eigenvalue weighted by Gasteiger charge is -2.12. The topological polar surface area (TPSA) is 47.0 Å². The average molecular weight is 191 g/mol. The molecule has 1 atom stereocenters. The SMILES string of the molecule is C#CCC(NC)c1cc(OC)ncn1. The van der Waals surface area contributed by atoms with Crippen molar-refractivity contribution in [1.29, 1.82) is 0 Å². The summed E-state index contributed by atoms with van der Waals surface area (Å²) in [5.74, 6) is 3.14. The highest BCUT2D eigenvalue weighted by molar-refractivity contribution is 5.17. The lowest BCUT2D eigenvalue weighted by atomic mass is 10.1. The first kappa shape index (κ1) is 10.5. The molecule has 0 aliphatic rings. The summed E-state index contributed by atoms with van der Waals surface area (Å²) in [7, 11) is 3.41. The van der Waals surface area contributed by atoms with Gasteiger partial charge >= 0.3 is 0 Å². The van der Waals surface area contributed by atoms with Gasteiger partial charge in [-0.3, -0.25) is 0 Å². The number of methoxy groups -OCH3 is 1. The molecule has 1 aromatic rings. The molecule has 1 rings (SSSR count). The minimum absolute atomic E-state index is 0.0527. The van der Waals surface area contributed by atoms with E-state index in [1.807, 2.05) is 7.05 Å². The lowest BCUT2D eigenvalue weighted by Crippen LogP contribution is -2.17. The number of nitrogens with zero attached hydrogens (tertiary/aromatic N) is 2. The molecular formula is C10H13N3O. The van der Waals surface area contributed by atoms with Crippen LogP contribution in [-0.4, -0.2) is 24.1 Å². The second-order valence-corrected chi connectivity index (χ2v) is 2.73. The van der Waals surface area contributed by atoms with E-state index in [2.05, 4.69) is 21.2 Å². The van der Waals surface area contributed by atoms with Gasteiger partial charge in [0.05, 0.1) is 18.8 Å². The second kappa shape index (κ2) is 5.20. The zero-order valence-corrected chi connectivity index (χ0v) is 8.32. The Kier molecular flexibility index (Phi) is 3.89. The maximum absolute atomic E-state index is 5.25. The molecule has 74 valence electrons. The summed E-state index contributed by atoms with van der Waals surface area (Å²) in [5.41, 5.74) is 0.845. The molecule has 1 aromatic heterocycles. The fraction of sp³-hybridized carbons (Fsp3) is 0.400. The van der Waals surface area contributed by atoms with E-state index < -0.39 is 0 Å². The smallest absolute Gasteiger partial charge is 0.216 e. The Hall–Kier alpha value is -1.60. The molecule has 4 heteroatoms. The molecule has 0 radical (unpaired) electrons. The van der Waals surface area contributed by atoms with E-state index in [1.165, 1.54) is 6.33 Å². The predicted molar refractivity (Wildman–Crippen MR) is 53.8 cm³/mol. The number of hydrogen-bond acceptors (Lipinski definition) is 4. The van der Waals surface area contributed by atoms with E-state index in [0.29, 0.717) is 12.3 Å². The molecule has 4 nitrogen and oxygen atoms in total. The van der Waals surface area contributed by atoms with Crippen LogP contribution in [0.1, 0.15) is 18.2 Å². The van der Waals surface area contributed by atoms with Crippen LogP contribution in [0.3, 0.4) is 0 Å². The second-order valence-electron chi connectivity index (χ2n) is 2.73. The van der Waals surface area contributed by atoms with E-state index in [4.69, 9.17) is 11.2 Å². The largest absolute Gasteiger partial charge is 0.481 e. The maximum atomic E-state index is 5.25. The molecule has 0 fully saturated rings. The fourth-order valence-corrected chi connectivity index (χ4v) is 1.13. The molecule has 0 saturated carbocycles. The zero-order chi connectivity index (χ0) is 10.4. The first-order valence-electron chi connectivity index (χ1n) is 4.28. The zero-order valence-electron chi connectivity index (χ0n) is 8.32. The van der Waals surface area contributed by atoms with Crippen molar-refractivity contribution in [3.63, 3.8) is 0 Å². The minimum atomic E-state index is 0.0527. The van der Waals surface area contributed by atoms with Crippen molar-refractivity contribution in [1.82, 2.24) is 15.3 Å². The third kappa shape index (κ3) is 2.44. The van der Waals surface area contributed by atoms with Gasteiger partial charge in [0.15, 0.2) is 0 Å². The molecule has 1 heterocycles. The number of rotatable bonds is 4. The van der Waals surface area contributed by atoms with Crippen molar-refractivity contribution in [2.24, 2.45) is 0 Å². The summed E-state index contributed by atoms with van der Waals surface area (Å²) in [4.78, 5) is 8.05. The van der Waals surface area contributed by atoms with Crippen LogP contribution in [0, 0.1) is 12.3 Å². The van der Waals surface area contributed by atoms with Gasteiger partial charge in [0.1, 0.15) is 6.33 Å². The van der Waals surface area contributed by atoms with Crippen LogP contribution in [-0.2, 0) is 0 Å². The van der Waals surface area contributed by atoms with Gasteiger partial charge in [-0.2, -0.15) is 0 Å². The Balaban J connectivity index is 2.87. The van der Waals surface area contributed by atoms with Gasteiger partial charge < -0.3 is 10.1 Å². The van der Waals surface area contributed by atoms with Crippen LogP contribution in [0.25, 0.3) is 0 Å². The summed E-state index contributed by atoms with van der Waals surface area (Å²) >= 11 is 0. The predicted octanol–water partition coefficient (Wildman–Crippen LogP) is 0.769. The van der Waals surface area contributed by atoms with E-state index >= 15 is 0 Å². The monoisotopic (exact) mass is 191 g/mol. The van der Waals surface area contributed by atoms with Crippen molar-refractivity contribution in [2.75, 3.05) is 14.2 Å². The van der Waals surface area contributed by atoms with Crippen molar-refractivity contribution in [2.45, 2.75) is 12.5 Å². The van der Waals surface area contributed by atoms with Crippen molar-refractivity contribution in [3.05, 3.63) is 18.1 Å². The molecule has 1 unspecified atom stereocenters. The first-order valence-corrected chi connectivity index (χ1v) is 4.28. The Morgan fingerprint density at radius 2 is 2.43 bits per heavy atom. The van der Waals surface area contributed by atoms with E-state index in [1.54, 1.807) is 13.2 Å². The number of aromatic nitrogens is 2. The van der Waals surface area contributed by atoms with Gasteiger partial charge in [-0.1, -0.05) is 0 Å². The molecule has 0 saturated heterocycles. The highest BCUT2D eigenvalue weighted by Gasteiger charge is 2.10. The van der Waals surface area contributed by atoms with Crippen LogP contribution in [0.2, 0.25) is 0 Å². The normalized spacial score (nSPS) is 11.8. The van der Waals surface area contributed by atoms with Crippen LogP contribution in [0.5, 0.6) is 5.88 Å². The van der Waals surface area contributed by atoms with E-state index in [0.717, 1.165) is 5.69 Å². The van der Waals surface area contributed by atoms with Crippen LogP contribution < -0.4 is 10.1 Å². The number of hydrogen-bond donors (Lipinski definition) is 1. The maximum Gasteiger partial charge on any atom is 0.216 e. The molecule has 0 spiro atoms. The summed E-state index contributed by atoms with van der Waals surface area (Å²) in [5, 5.41) is 3.08. The molecule has 0 amide bonds. The lowest BCUT2D eigenvalue weighted by molar-refractivity contribution is 0.394. The van der Waals surface area contributed by atoms with Crippen LogP contribution in [0.15, 0.2) is 12.4 Å². The molecule has 0 aliphatic carbocycles. The molecule has 0 aliphatic heterocycles. The summed E-state index contributed by atoms with van der Waals surface area (Å²) < 4.78 is 5.00. The van der Waals surface area contributed by atoms with Gasteiger partial charge in [0.2, 0.25) is 5.88 Å². The Bertz CT molecular complexity index is 332. The van der Waals surface area contributed by atoms with E-state index in [9.17, 15) is 0 Å². The first-order chi connectivity index (χ1) is 6.81. The van der Waals surface area contributed by atoms with Gasteiger partial charge in [-0.05, 0) is 7.05 Å². The van der Waals surface area contributed by atoms with Crippen molar-refractivity contribution >= 4 is 0 Å². The fourth-order valence-electron chi connectivity index (χ4n) is 1.13. The third-order valence-corrected chi connectivity index (χ3v) is 1.90. The molecule has 14 heavy (non-hydrogen) atoms. The van der Waals surface area contributed by atoms with Crippen LogP contribution in [0.4, 0.5) is 0 Å². The Morgan fingerprint density at radius 1 is 1.64 bits per heavy atom. The van der Waals surface area contributed by atoms with Gasteiger partial charge in [0, 0.05) is 12.5 Å². The van der Waals surface area contributed by atoms with Gasteiger partial charge in [-0.25, -0.2) is 9.97 Å². The molecule has 0 aromatic carbocycles. The standard InChI is InChI=1S/C10H13N3O/c1-4-5-8(11-2)9-6-10(14-3)13-7-12-9/h1,6-8,11H,5H2,2-3H3. The number of terminal acetylenes is 1. The molecular weight excluding hydrogens is 178 g/mol. The number of ether oxygens (including phenoxy) is 1. The van der Waals surface area contributed by atoms with Gasteiger partial charge in [-0.15, -0.1) is 12.3 Å². The third-order valence-electron chi connectivity index (χ3n) is 1.90. The number of nitrogens with one attached hydrogen (secondary N) is 1. The molecule has 0 bridgehead atoms. The molecule has 1 N–H and O–H groups in total. The van der Waals surface area contributed by atoms with E-state index in [-0.39, 0.29) is 6.04 Å².